The third kappa shape index (κ3) is 1.61. The Morgan fingerprint density at radius 1 is 1.25 bits per heavy atom. The summed E-state index contributed by atoms with van der Waals surface area (Å²) in [6.07, 6.45) is -2.66. The molecule has 4 atom stereocenters. The van der Waals surface area contributed by atoms with Crippen LogP contribution in [0.4, 0.5) is 0 Å². The molecule has 0 aliphatic carbocycles. The van der Waals surface area contributed by atoms with Crippen molar-refractivity contribution in [3.05, 3.63) is 0 Å². The van der Waals surface area contributed by atoms with Crippen molar-refractivity contribution < 1.29 is 15.3 Å². The molecule has 4 heteroatoms. The Bertz CT molecular complexity index is 148. The number of rotatable bonds is 1. The molecule has 12 heavy (non-hydrogen) atoms. The van der Waals surface area contributed by atoms with E-state index in [1.54, 1.807) is 0 Å². The first-order valence-corrected chi connectivity index (χ1v) is 4.36. The van der Waals surface area contributed by atoms with Gasteiger partial charge < -0.3 is 15.3 Å². The molecule has 1 aliphatic rings. The Morgan fingerprint density at radius 3 is 2.33 bits per heavy atom. The summed E-state index contributed by atoms with van der Waals surface area (Å²) < 4.78 is 0. The van der Waals surface area contributed by atoms with E-state index in [9.17, 15) is 15.3 Å². The van der Waals surface area contributed by atoms with Crippen LogP contribution in [0.15, 0.2) is 0 Å². The van der Waals surface area contributed by atoms with Gasteiger partial charge in [0.25, 0.3) is 0 Å². The van der Waals surface area contributed by atoms with Crippen LogP contribution in [0.5, 0.6) is 0 Å². The van der Waals surface area contributed by atoms with Gasteiger partial charge in [-0.2, -0.15) is 0 Å². The lowest BCUT2D eigenvalue weighted by Gasteiger charge is -2.41. The van der Waals surface area contributed by atoms with Crippen LogP contribution < -0.4 is 0 Å². The molecule has 4 unspecified atom stereocenters. The number of hydrogen-bond acceptors (Lipinski definition) is 4. The standard InChI is InChI=1S/C8H17NO3/c1-3-9-4-6(10)8(12)7(11)5(9)2/h5-8,10-12H,3-4H2,1-2H3. The number of aliphatic hydroxyl groups excluding tert-OH is 3. The summed E-state index contributed by atoms with van der Waals surface area (Å²) in [5, 5.41) is 28.1. The molecule has 0 saturated carbocycles. The largest absolute Gasteiger partial charge is 0.389 e. The minimum atomic E-state index is -0.997. The van der Waals surface area contributed by atoms with Crippen LogP contribution in [0, 0.1) is 0 Å². The van der Waals surface area contributed by atoms with Crippen LogP contribution in [0.1, 0.15) is 13.8 Å². The van der Waals surface area contributed by atoms with Crippen molar-refractivity contribution in [1.29, 1.82) is 0 Å². The molecule has 0 radical (unpaired) electrons. The second-order valence-corrected chi connectivity index (χ2v) is 3.38. The highest BCUT2D eigenvalue weighted by Gasteiger charge is 2.37. The summed E-state index contributed by atoms with van der Waals surface area (Å²) in [7, 11) is 0. The minimum absolute atomic E-state index is 0.0756. The van der Waals surface area contributed by atoms with Crippen LogP contribution in [0.25, 0.3) is 0 Å². The second kappa shape index (κ2) is 3.70. The van der Waals surface area contributed by atoms with Gasteiger partial charge in [0.1, 0.15) is 6.10 Å². The van der Waals surface area contributed by atoms with Gasteiger partial charge in [-0.1, -0.05) is 6.92 Å². The monoisotopic (exact) mass is 175 g/mol. The molecule has 0 aromatic rings. The van der Waals surface area contributed by atoms with Crippen molar-refractivity contribution in [1.82, 2.24) is 4.90 Å². The quantitative estimate of drug-likeness (QED) is 0.468. The van der Waals surface area contributed by atoms with E-state index in [1.165, 1.54) is 0 Å². The van der Waals surface area contributed by atoms with Gasteiger partial charge in [-0.15, -0.1) is 0 Å². The van der Waals surface area contributed by atoms with Crippen LogP contribution in [0.2, 0.25) is 0 Å². The fourth-order valence-electron chi connectivity index (χ4n) is 1.66. The van der Waals surface area contributed by atoms with Crippen molar-refractivity contribution in [3.8, 4) is 0 Å². The van der Waals surface area contributed by atoms with Gasteiger partial charge in [0.2, 0.25) is 0 Å². The summed E-state index contributed by atoms with van der Waals surface area (Å²) in [5.41, 5.74) is 0. The number of β-amino-alcohol motifs (C(OH)–C–C–N with tert-alkyl or cyclic N) is 1. The molecule has 1 aliphatic heterocycles. The van der Waals surface area contributed by atoms with E-state index in [2.05, 4.69) is 0 Å². The van der Waals surface area contributed by atoms with E-state index in [0.717, 1.165) is 6.54 Å². The Labute approximate surface area is 72.4 Å². The molecule has 0 amide bonds. The van der Waals surface area contributed by atoms with Crippen LogP contribution in [-0.2, 0) is 0 Å². The van der Waals surface area contributed by atoms with E-state index < -0.39 is 18.3 Å². The van der Waals surface area contributed by atoms with Crippen LogP contribution in [0.3, 0.4) is 0 Å². The number of likely N-dealkylation sites (N-methyl/N-ethyl adjacent to an activating group) is 1. The number of aliphatic hydroxyl groups is 3. The van der Waals surface area contributed by atoms with Crippen molar-refractivity contribution in [2.75, 3.05) is 13.1 Å². The Balaban J connectivity index is 2.63. The lowest BCUT2D eigenvalue weighted by atomic mass is 9.95. The van der Waals surface area contributed by atoms with E-state index >= 15 is 0 Å². The normalized spacial score (nSPS) is 44.8. The minimum Gasteiger partial charge on any atom is -0.389 e. The summed E-state index contributed by atoms with van der Waals surface area (Å²) >= 11 is 0. The first-order valence-electron chi connectivity index (χ1n) is 4.36. The molecule has 4 nitrogen and oxygen atoms in total. The fraction of sp³-hybridized carbons (Fsp3) is 1.00. The van der Waals surface area contributed by atoms with Gasteiger partial charge in [-0.05, 0) is 13.5 Å². The molecule has 0 bridgehead atoms. The molecule has 0 aromatic heterocycles. The molecule has 3 N–H and O–H groups in total. The lowest BCUT2D eigenvalue weighted by Crippen LogP contribution is -2.59. The maximum absolute atomic E-state index is 9.47. The number of nitrogens with zero attached hydrogens (tertiary/aromatic N) is 1. The summed E-state index contributed by atoms with van der Waals surface area (Å²) in [6.45, 7) is 5.04. The smallest absolute Gasteiger partial charge is 0.108 e. The zero-order valence-electron chi connectivity index (χ0n) is 7.51. The Hall–Kier alpha value is -0.160. The average molecular weight is 175 g/mol. The van der Waals surface area contributed by atoms with E-state index in [4.69, 9.17) is 0 Å². The molecule has 72 valence electrons. The predicted octanol–water partition coefficient (Wildman–Crippen LogP) is -1.21. The molecule has 1 heterocycles. The number of likely N-dealkylation sites (tertiary alicyclic amines) is 1. The first kappa shape index (κ1) is 9.92. The molecule has 1 rings (SSSR count). The third-order valence-electron chi connectivity index (χ3n) is 2.64. The third-order valence-corrected chi connectivity index (χ3v) is 2.64. The van der Waals surface area contributed by atoms with Crippen molar-refractivity contribution >= 4 is 0 Å². The van der Waals surface area contributed by atoms with Gasteiger partial charge >= 0.3 is 0 Å². The molecular weight excluding hydrogens is 158 g/mol. The first-order chi connectivity index (χ1) is 5.57. The van der Waals surface area contributed by atoms with Gasteiger partial charge in [-0.25, -0.2) is 0 Å². The van der Waals surface area contributed by atoms with Crippen molar-refractivity contribution in [3.63, 3.8) is 0 Å². The highest BCUT2D eigenvalue weighted by atomic mass is 16.4. The summed E-state index contributed by atoms with van der Waals surface area (Å²) in [6, 6.07) is -0.0756. The molecule has 0 aromatic carbocycles. The van der Waals surface area contributed by atoms with E-state index in [-0.39, 0.29) is 6.04 Å². The van der Waals surface area contributed by atoms with Crippen molar-refractivity contribution in [2.45, 2.75) is 38.2 Å². The van der Waals surface area contributed by atoms with Gasteiger partial charge in [0.15, 0.2) is 0 Å². The molecule has 1 saturated heterocycles. The highest BCUT2D eigenvalue weighted by Crippen LogP contribution is 2.17. The predicted molar refractivity (Wildman–Crippen MR) is 44.7 cm³/mol. The van der Waals surface area contributed by atoms with Gasteiger partial charge in [-0.3, -0.25) is 4.90 Å². The number of hydrogen-bond donors (Lipinski definition) is 3. The summed E-state index contributed by atoms with van der Waals surface area (Å²) in [4.78, 5) is 1.95. The van der Waals surface area contributed by atoms with Gasteiger partial charge in [0, 0.05) is 12.6 Å². The second-order valence-electron chi connectivity index (χ2n) is 3.38. The van der Waals surface area contributed by atoms with Gasteiger partial charge in [0.05, 0.1) is 12.2 Å². The topological polar surface area (TPSA) is 63.9 Å². The molecule has 0 spiro atoms. The Kier molecular flexibility index (Phi) is 3.06. The zero-order chi connectivity index (χ0) is 9.30. The lowest BCUT2D eigenvalue weighted by molar-refractivity contribution is -0.131. The molecular formula is C8H17NO3. The number of piperidine rings is 1. The van der Waals surface area contributed by atoms with Crippen LogP contribution >= 0.6 is 0 Å². The zero-order valence-corrected chi connectivity index (χ0v) is 7.51. The Morgan fingerprint density at radius 2 is 1.83 bits per heavy atom. The van der Waals surface area contributed by atoms with Crippen LogP contribution in [-0.4, -0.2) is 57.7 Å². The SMILES string of the molecule is CCN1CC(O)C(O)C(O)C1C. The van der Waals surface area contributed by atoms with E-state index in [0.29, 0.717) is 6.54 Å². The fourth-order valence-corrected chi connectivity index (χ4v) is 1.66. The average Bonchev–Trinajstić information content (AvgIpc) is 2.08. The maximum Gasteiger partial charge on any atom is 0.108 e. The highest BCUT2D eigenvalue weighted by molar-refractivity contribution is 4.91. The molecule has 1 fully saturated rings. The van der Waals surface area contributed by atoms with Crippen molar-refractivity contribution in [2.24, 2.45) is 0 Å². The maximum atomic E-state index is 9.47. The van der Waals surface area contributed by atoms with E-state index in [1.807, 2.05) is 18.7 Å². The summed E-state index contributed by atoms with van der Waals surface area (Å²) in [5.74, 6) is 0.